The molecule has 277 valence electrons. The van der Waals surface area contributed by atoms with Gasteiger partial charge in [-0.25, -0.2) is 9.98 Å². The van der Waals surface area contributed by atoms with Crippen molar-refractivity contribution in [2.24, 2.45) is 9.98 Å². The minimum absolute atomic E-state index is 0. The SMILES string of the molecule is [Cu+2].[F][Sb-]([F])([F])([F])([F])[F].[F][Sb-]([F])([F])([F])([F])[F].c1ccc([C@H]2OC(CC3=N[C@@H](c4ccccc4)[C@@H](c4ccccc4)O3)=N[C@H]2c2ccccc2)cc1. The van der Waals surface area contributed by atoms with Crippen LogP contribution in [0.2, 0.25) is 0 Å². The van der Waals surface area contributed by atoms with Crippen LogP contribution in [0.4, 0.5) is 33.8 Å². The topological polar surface area (TPSA) is 43.2 Å². The van der Waals surface area contributed by atoms with Gasteiger partial charge < -0.3 is 9.47 Å². The summed E-state index contributed by atoms with van der Waals surface area (Å²) in [5.41, 5.74) is 4.49. The van der Waals surface area contributed by atoms with Crippen LogP contribution in [0.1, 0.15) is 53.0 Å². The van der Waals surface area contributed by atoms with Crippen LogP contribution in [-0.4, -0.2) is 50.7 Å². The number of rotatable bonds is 6. The Morgan fingerprint density at radius 1 is 0.400 bits per heavy atom. The molecule has 0 unspecified atom stereocenters. The quantitative estimate of drug-likeness (QED) is 0.143. The molecule has 0 spiro atoms. The summed E-state index contributed by atoms with van der Waals surface area (Å²) >= 11 is -22.5. The van der Waals surface area contributed by atoms with E-state index in [1.165, 1.54) is 0 Å². The van der Waals surface area contributed by atoms with Crippen molar-refractivity contribution in [2.75, 3.05) is 0 Å². The summed E-state index contributed by atoms with van der Waals surface area (Å²) in [7, 11) is 0. The second-order valence-corrected chi connectivity index (χ2v) is 21.7. The minimum Gasteiger partial charge on any atom is -0.470 e. The standard InChI is InChI=1S/C31H26N2O2.Cu.12FH.2Sb/c1-5-13-22(14-6-1)28-30(24-17-9-3-10-18-24)34-26(32-28)21-27-33-29(23-15-7-2-8-16-23)31(35-27)25-19-11-4-12-20-25;;;;;;;;;;;;;;;/h1-20,28-31H,21H2;;12*1H;;/q;+2;;;;;;;;;;;;;2*+5/p-12/t28-,29-,30+,31+;;;;;;;;;;;;;;;/m0.............../s1. The van der Waals surface area contributed by atoms with Crippen LogP contribution >= 0.6 is 0 Å². The molecule has 2 aliphatic heterocycles. The summed E-state index contributed by atoms with van der Waals surface area (Å²) in [5, 5.41) is 0. The molecule has 6 rings (SSSR count). The normalized spacial score (nSPS) is 22.7. The molecule has 0 amide bonds. The fourth-order valence-electron chi connectivity index (χ4n) is 4.82. The van der Waals surface area contributed by atoms with E-state index in [1.54, 1.807) is 0 Å². The summed E-state index contributed by atoms with van der Waals surface area (Å²) in [6.07, 6.45) is 0.0789. The molecule has 2 heterocycles. The van der Waals surface area contributed by atoms with Crippen LogP contribution in [0.25, 0.3) is 0 Å². The molecule has 0 saturated carbocycles. The van der Waals surface area contributed by atoms with Crippen LogP contribution in [0.15, 0.2) is 131 Å². The van der Waals surface area contributed by atoms with Crippen LogP contribution in [0, 0.1) is 0 Å². The van der Waals surface area contributed by atoms with Gasteiger partial charge >= 0.3 is 89.8 Å². The molecule has 4 nitrogen and oxygen atoms in total. The molecule has 4 aromatic carbocycles. The van der Waals surface area contributed by atoms with Gasteiger partial charge in [0, 0.05) is 0 Å². The van der Waals surface area contributed by atoms with E-state index in [9.17, 15) is 33.8 Å². The Labute approximate surface area is 293 Å². The maximum absolute atomic E-state index is 11.2. The Kier molecular flexibility index (Phi) is 11.6. The van der Waals surface area contributed by atoms with Crippen molar-refractivity contribution in [3.05, 3.63) is 144 Å². The van der Waals surface area contributed by atoms with Gasteiger partial charge in [-0.15, -0.1) is 0 Å². The fourth-order valence-corrected chi connectivity index (χ4v) is 4.82. The van der Waals surface area contributed by atoms with Crippen LogP contribution in [-0.2, 0) is 26.5 Å². The van der Waals surface area contributed by atoms with E-state index in [4.69, 9.17) is 19.5 Å². The molecule has 0 bridgehead atoms. The van der Waals surface area contributed by atoms with Gasteiger partial charge in [0.2, 0.25) is 0 Å². The van der Waals surface area contributed by atoms with Crippen molar-refractivity contribution in [2.45, 2.75) is 30.7 Å². The first kappa shape index (κ1) is 41.6. The molecule has 0 N–H and O–H groups in total. The third-order valence-electron chi connectivity index (χ3n) is 6.51. The Bertz CT molecular complexity index is 1630. The van der Waals surface area contributed by atoms with E-state index >= 15 is 0 Å². The largest absolute Gasteiger partial charge is 0.470 e. The molecule has 0 fully saturated rings. The van der Waals surface area contributed by atoms with E-state index in [1.807, 2.05) is 72.8 Å². The zero-order valence-corrected chi connectivity index (χ0v) is 31.1. The predicted molar refractivity (Wildman–Crippen MR) is 163 cm³/mol. The van der Waals surface area contributed by atoms with Gasteiger partial charge in [0.25, 0.3) is 0 Å². The average molecular weight is 994 g/mol. The van der Waals surface area contributed by atoms with Gasteiger partial charge in [0.1, 0.15) is 12.1 Å². The van der Waals surface area contributed by atoms with Crippen molar-refractivity contribution in [3.63, 3.8) is 0 Å². The third kappa shape index (κ3) is 16.4. The van der Waals surface area contributed by atoms with Gasteiger partial charge in [0.15, 0.2) is 24.0 Å². The first-order valence-electron chi connectivity index (χ1n) is 14.0. The van der Waals surface area contributed by atoms with E-state index in [0.29, 0.717) is 18.2 Å². The molecule has 4 aromatic rings. The summed E-state index contributed by atoms with van der Waals surface area (Å²) in [4.78, 5) is 10.0. The monoisotopic (exact) mass is 991 g/mol. The minimum atomic E-state index is -11.2. The zero-order chi connectivity index (χ0) is 36.3. The molecule has 19 heteroatoms. The van der Waals surface area contributed by atoms with Gasteiger partial charge in [-0.05, 0) is 22.3 Å². The smallest absolute Gasteiger partial charge is 0.194 e. The summed E-state index contributed by atoms with van der Waals surface area (Å²) < 4.78 is 132. The number of nitrogens with zero attached hydrogens (tertiary/aromatic N) is 2. The first-order chi connectivity index (χ1) is 22.2. The molecular formula is C31H26CuF12N2O2Sb2. The van der Waals surface area contributed by atoms with Gasteiger partial charge in [-0.1, -0.05) is 121 Å². The van der Waals surface area contributed by atoms with Crippen molar-refractivity contribution in [1.29, 1.82) is 0 Å². The maximum atomic E-state index is 9.93. The van der Waals surface area contributed by atoms with E-state index in [-0.39, 0.29) is 41.4 Å². The Morgan fingerprint density at radius 3 is 0.860 bits per heavy atom. The second kappa shape index (κ2) is 13.9. The summed E-state index contributed by atoms with van der Waals surface area (Å²) in [5.74, 6) is 1.32. The molecule has 2 aliphatic rings. The molecule has 4 atom stereocenters. The van der Waals surface area contributed by atoms with Crippen LogP contribution in [0.5, 0.6) is 0 Å². The number of hydrogen-bond donors (Lipinski definition) is 0. The van der Waals surface area contributed by atoms with Crippen molar-refractivity contribution < 1.29 is 60.3 Å². The van der Waals surface area contributed by atoms with Gasteiger partial charge in [-0.3, -0.25) is 0 Å². The maximum Gasteiger partial charge on any atom is 0.194 e. The Morgan fingerprint density at radius 2 is 0.620 bits per heavy atom. The molecule has 1 radical (unpaired) electrons. The van der Waals surface area contributed by atoms with E-state index in [0.717, 1.165) is 22.3 Å². The predicted octanol–water partition coefficient (Wildman–Crippen LogP) is 11.5. The number of aliphatic imine (C=N–C) groups is 2. The van der Waals surface area contributed by atoms with Crippen molar-refractivity contribution in [3.8, 4) is 0 Å². The summed E-state index contributed by atoms with van der Waals surface area (Å²) in [6.45, 7) is 0. The Hall–Kier alpha value is -2.86. The average Bonchev–Trinajstić information content (AvgIpc) is 3.61. The fraction of sp³-hybridized carbons (Fsp3) is 0.161. The van der Waals surface area contributed by atoms with Crippen LogP contribution < -0.4 is 0 Å². The Balaban J connectivity index is 0.000000383. The summed E-state index contributed by atoms with van der Waals surface area (Å²) in [6, 6.07) is 41.0. The number of benzene rings is 4. The number of hydrogen-bond acceptors (Lipinski definition) is 4. The third-order valence-corrected chi connectivity index (χ3v) is 6.51. The van der Waals surface area contributed by atoms with Gasteiger partial charge in [-0.2, -0.15) is 0 Å². The molecule has 0 saturated heterocycles. The van der Waals surface area contributed by atoms with Crippen molar-refractivity contribution >= 4 is 50.7 Å². The van der Waals surface area contributed by atoms with Crippen LogP contribution in [0.3, 0.4) is 0 Å². The zero-order valence-electron chi connectivity index (χ0n) is 25.0. The van der Waals surface area contributed by atoms with E-state index in [2.05, 4.69) is 48.5 Å². The molecule has 50 heavy (non-hydrogen) atoms. The molecule has 0 aliphatic carbocycles. The van der Waals surface area contributed by atoms with Crippen molar-refractivity contribution in [1.82, 2.24) is 0 Å². The second-order valence-electron chi connectivity index (χ2n) is 10.7. The van der Waals surface area contributed by atoms with E-state index < -0.39 is 39.0 Å². The molecular weight excluding hydrogens is 967 g/mol. The number of ether oxygens (including phenoxy) is 2. The number of halogens is 12. The van der Waals surface area contributed by atoms with Gasteiger partial charge in [0.05, 0.1) is 6.42 Å². The molecule has 0 aromatic heterocycles. The first-order valence-corrected chi connectivity index (χ1v) is 25.6.